The molecule has 5 nitrogen and oxygen atoms in total. The maximum absolute atomic E-state index is 10.8. The summed E-state index contributed by atoms with van der Waals surface area (Å²) in [6, 6.07) is 5.17. The molecule has 0 radical (unpaired) electrons. The monoisotopic (exact) mass is 312 g/mol. The summed E-state index contributed by atoms with van der Waals surface area (Å²) < 4.78 is 11.1. The molecule has 2 atom stereocenters. The van der Waals surface area contributed by atoms with Crippen LogP contribution in [0.2, 0.25) is 0 Å². The first kappa shape index (κ1) is 16.1. The number of aliphatic hydroxyl groups is 2. The van der Waals surface area contributed by atoms with Crippen molar-refractivity contribution in [1.82, 2.24) is 0 Å². The number of ether oxygens (including phenoxy) is 2. The summed E-state index contributed by atoms with van der Waals surface area (Å²) in [7, 11) is 0. The van der Waals surface area contributed by atoms with Crippen LogP contribution in [0, 0.1) is 0 Å². The van der Waals surface area contributed by atoms with Gasteiger partial charge in [0, 0.05) is 19.1 Å². The predicted molar refractivity (Wildman–Crippen MR) is 80.8 cm³/mol. The molecule has 1 aliphatic heterocycles. The molecule has 0 saturated heterocycles. The smallest absolute Gasteiger partial charge is 0.185 e. The van der Waals surface area contributed by atoms with Gasteiger partial charge in [-0.15, -0.1) is 0 Å². The largest absolute Gasteiger partial charge is 0.490 e. The summed E-state index contributed by atoms with van der Waals surface area (Å²) in [4.78, 5) is 10.8. The standard InChI is InChI=1S/C15H20O5S/c1-10(16)21-8-5-12(17)15(18)11-3-4-13-14(9-11)20-7-2-6-19-13/h3-4,9,12,15,17-18H,2,5-8H2,1H3. The third-order valence-corrected chi connectivity index (χ3v) is 4.04. The highest BCUT2D eigenvalue weighted by Crippen LogP contribution is 2.33. The van der Waals surface area contributed by atoms with Crippen LogP contribution in [0.25, 0.3) is 0 Å². The van der Waals surface area contributed by atoms with Crippen molar-refractivity contribution in [3.05, 3.63) is 23.8 Å². The number of carbonyl (C=O) groups is 1. The Labute approximate surface area is 128 Å². The summed E-state index contributed by atoms with van der Waals surface area (Å²) in [5.74, 6) is 1.73. The van der Waals surface area contributed by atoms with Gasteiger partial charge < -0.3 is 19.7 Å². The first-order valence-corrected chi connectivity index (χ1v) is 7.95. The van der Waals surface area contributed by atoms with Crippen LogP contribution in [0.1, 0.15) is 31.4 Å². The molecule has 2 unspecified atom stereocenters. The van der Waals surface area contributed by atoms with Crippen molar-refractivity contribution in [2.45, 2.75) is 32.0 Å². The van der Waals surface area contributed by atoms with E-state index in [1.807, 2.05) is 0 Å². The fourth-order valence-corrected chi connectivity index (χ4v) is 2.71. The van der Waals surface area contributed by atoms with Crippen molar-refractivity contribution in [1.29, 1.82) is 0 Å². The quantitative estimate of drug-likeness (QED) is 0.865. The second-order valence-electron chi connectivity index (χ2n) is 4.90. The van der Waals surface area contributed by atoms with Crippen LogP contribution in [0.4, 0.5) is 0 Å². The lowest BCUT2D eigenvalue weighted by Crippen LogP contribution is -2.19. The average Bonchev–Trinajstić information content (AvgIpc) is 2.70. The van der Waals surface area contributed by atoms with Crippen molar-refractivity contribution < 1.29 is 24.5 Å². The maximum atomic E-state index is 10.8. The van der Waals surface area contributed by atoms with E-state index in [1.54, 1.807) is 18.2 Å². The number of fused-ring (bicyclic) bond motifs is 1. The molecule has 1 heterocycles. The number of thioether (sulfide) groups is 1. The van der Waals surface area contributed by atoms with E-state index in [-0.39, 0.29) is 5.12 Å². The zero-order valence-corrected chi connectivity index (χ0v) is 12.8. The lowest BCUT2D eigenvalue weighted by atomic mass is 10.0. The Morgan fingerprint density at radius 3 is 2.71 bits per heavy atom. The highest BCUT2D eigenvalue weighted by Gasteiger charge is 2.21. The van der Waals surface area contributed by atoms with Crippen LogP contribution in [0.15, 0.2) is 18.2 Å². The van der Waals surface area contributed by atoms with Crippen molar-refractivity contribution >= 4 is 16.9 Å². The third kappa shape index (κ3) is 4.62. The minimum Gasteiger partial charge on any atom is -0.490 e. The molecule has 2 rings (SSSR count). The number of hydrogen-bond donors (Lipinski definition) is 2. The molecule has 0 bridgehead atoms. The molecule has 6 heteroatoms. The maximum Gasteiger partial charge on any atom is 0.185 e. The Hall–Kier alpha value is -1.24. The van der Waals surface area contributed by atoms with E-state index < -0.39 is 12.2 Å². The van der Waals surface area contributed by atoms with E-state index in [0.29, 0.717) is 42.4 Å². The van der Waals surface area contributed by atoms with E-state index in [1.165, 1.54) is 6.92 Å². The third-order valence-electron chi connectivity index (χ3n) is 3.20. The lowest BCUT2D eigenvalue weighted by molar-refractivity contribution is -0.109. The van der Waals surface area contributed by atoms with E-state index in [4.69, 9.17) is 9.47 Å². The van der Waals surface area contributed by atoms with Gasteiger partial charge >= 0.3 is 0 Å². The van der Waals surface area contributed by atoms with Gasteiger partial charge in [-0.2, -0.15) is 0 Å². The van der Waals surface area contributed by atoms with E-state index in [9.17, 15) is 15.0 Å². The minimum absolute atomic E-state index is 0.00673. The molecule has 116 valence electrons. The van der Waals surface area contributed by atoms with E-state index in [0.717, 1.165) is 18.2 Å². The van der Waals surface area contributed by atoms with Crippen molar-refractivity contribution in [3.63, 3.8) is 0 Å². The molecular formula is C15H20O5S. The summed E-state index contributed by atoms with van der Waals surface area (Å²) in [6.07, 6.45) is -0.756. The molecule has 1 aromatic carbocycles. The Kier molecular flexibility index (Phi) is 5.90. The summed E-state index contributed by atoms with van der Waals surface area (Å²) >= 11 is 1.14. The molecule has 0 amide bonds. The second kappa shape index (κ2) is 7.68. The van der Waals surface area contributed by atoms with Crippen LogP contribution >= 0.6 is 11.8 Å². The molecule has 0 aromatic heterocycles. The van der Waals surface area contributed by atoms with Gasteiger partial charge in [0.1, 0.15) is 6.10 Å². The normalized spacial score (nSPS) is 16.9. The zero-order chi connectivity index (χ0) is 15.2. The van der Waals surface area contributed by atoms with Gasteiger partial charge in [0.05, 0.1) is 19.3 Å². The highest BCUT2D eigenvalue weighted by atomic mass is 32.2. The number of hydrogen-bond acceptors (Lipinski definition) is 6. The van der Waals surface area contributed by atoms with Crippen molar-refractivity contribution in [2.75, 3.05) is 19.0 Å². The molecule has 2 N–H and O–H groups in total. The van der Waals surface area contributed by atoms with Gasteiger partial charge in [-0.1, -0.05) is 17.8 Å². The van der Waals surface area contributed by atoms with Gasteiger partial charge in [-0.3, -0.25) is 4.79 Å². The molecule has 0 fully saturated rings. The molecule has 1 aliphatic rings. The number of aliphatic hydroxyl groups excluding tert-OH is 2. The van der Waals surface area contributed by atoms with Gasteiger partial charge in [0.25, 0.3) is 0 Å². The lowest BCUT2D eigenvalue weighted by Gasteiger charge is -2.19. The topological polar surface area (TPSA) is 76.0 Å². The summed E-state index contributed by atoms with van der Waals surface area (Å²) in [5, 5.41) is 20.2. The van der Waals surface area contributed by atoms with Gasteiger partial charge in [0.2, 0.25) is 0 Å². The molecule has 21 heavy (non-hydrogen) atoms. The van der Waals surface area contributed by atoms with Gasteiger partial charge in [-0.25, -0.2) is 0 Å². The van der Waals surface area contributed by atoms with Gasteiger partial charge in [0.15, 0.2) is 16.6 Å². The van der Waals surface area contributed by atoms with Crippen LogP contribution in [-0.4, -0.2) is 40.4 Å². The molecule has 1 aromatic rings. The minimum atomic E-state index is -1.00. The number of rotatable bonds is 5. The fourth-order valence-electron chi connectivity index (χ4n) is 2.07. The SMILES string of the molecule is CC(=O)SCCC(O)C(O)c1ccc2c(c1)OCCCO2. The fraction of sp³-hybridized carbons (Fsp3) is 0.533. The Bertz CT molecular complexity index is 491. The van der Waals surface area contributed by atoms with Crippen molar-refractivity contribution in [2.24, 2.45) is 0 Å². The van der Waals surface area contributed by atoms with Crippen LogP contribution in [0.5, 0.6) is 11.5 Å². The number of benzene rings is 1. The summed E-state index contributed by atoms with van der Waals surface area (Å²) in [6.45, 7) is 2.67. The van der Waals surface area contributed by atoms with Crippen LogP contribution < -0.4 is 9.47 Å². The highest BCUT2D eigenvalue weighted by molar-refractivity contribution is 8.13. The Morgan fingerprint density at radius 1 is 1.29 bits per heavy atom. The van der Waals surface area contributed by atoms with E-state index >= 15 is 0 Å². The molecule has 0 saturated carbocycles. The average molecular weight is 312 g/mol. The van der Waals surface area contributed by atoms with Crippen molar-refractivity contribution in [3.8, 4) is 11.5 Å². The predicted octanol–water partition coefficient (Wildman–Crippen LogP) is 1.91. The summed E-state index contributed by atoms with van der Waals surface area (Å²) in [5.41, 5.74) is 0.583. The van der Waals surface area contributed by atoms with Gasteiger partial charge in [-0.05, 0) is 24.1 Å². The molecule has 0 aliphatic carbocycles. The van der Waals surface area contributed by atoms with E-state index in [2.05, 4.69) is 0 Å². The van der Waals surface area contributed by atoms with Crippen LogP contribution in [0.3, 0.4) is 0 Å². The number of carbonyl (C=O) groups excluding carboxylic acids is 1. The first-order chi connectivity index (χ1) is 10.1. The Morgan fingerprint density at radius 2 is 2.00 bits per heavy atom. The first-order valence-electron chi connectivity index (χ1n) is 6.97. The Balaban J connectivity index is 2.00. The van der Waals surface area contributed by atoms with Crippen LogP contribution in [-0.2, 0) is 4.79 Å². The molecular weight excluding hydrogens is 292 g/mol. The second-order valence-corrected chi connectivity index (χ2v) is 6.17. The molecule has 0 spiro atoms. The zero-order valence-electron chi connectivity index (χ0n) is 11.9.